The van der Waals surface area contributed by atoms with Gasteiger partial charge in [-0.05, 0) is 41.9 Å². The molecule has 0 aliphatic heterocycles. The number of aromatic nitrogens is 2. The second kappa shape index (κ2) is 5.35. The standard InChI is InChI=1S/C13H14BrN3O/c1-3-17-12(11(14)8-15-17)13(18)16-10-6-4-9(2)5-7-10/h4-8H,3H2,1-2H3,(H,16,18). The van der Waals surface area contributed by atoms with E-state index in [-0.39, 0.29) is 5.91 Å². The fourth-order valence-electron chi connectivity index (χ4n) is 1.66. The molecule has 1 heterocycles. The topological polar surface area (TPSA) is 46.9 Å². The van der Waals surface area contributed by atoms with Crippen LogP contribution in [0.4, 0.5) is 5.69 Å². The van der Waals surface area contributed by atoms with Gasteiger partial charge in [0, 0.05) is 12.2 Å². The number of hydrogen-bond acceptors (Lipinski definition) is 2. The maximum atomic E-state index is 12.2. The van der Waals surface area contributed by atoms with E-state index in [4.69, 9.17) is 0 Å². The molecule has 1 aromatic heterocycles. The van der Waals surface area contributed by atoms with Crippen LogP contribution in [0.1, 0.15) is 23.0 Å². The van der Waals surface area contributed by atoms with Gasteiger partial charge in [-0.25, -0.2) is 0 Å². The highest BCUT2D eigenvalue weighted by Crippen LogP contribution is 2.18. The number of nitrogens with zero attached hydrogens (tertiary/aromatic N) is 2. The molecule has 0 atom stereocenters. The smallest absolute Gasteiger partial charge is 0.275 e. The third kappa shape index (κ3) is 2.61. The number of aryl methyl sites for hydroxylation is 2. The van der Waals surface area contributed by atoms with Crippen molar-refractivity contribution in [2.45, 2.75) is 20.4 Å². The average Bonchev–Trinajstić information content (AvgIpc) is 2.73. The van der Waals surface area contributed by atoms with E-state index in [9.17, 15) is 4.79 Å². The zero-order valence-electron chi connectivity index (χ0n) is 10.3. The molecule has 1 N–H and O–H groups in total. The summed E-state index contributed by atoms with van der Waals surface area (Å²) < 4.78 is 2.36. The third-order valence-electron chi connectivity index (χ3n) is 2.62. The van der Waals surface area contributed by atoms with Crippen molar-refractivity contribution >= 4 is 27.5 Å². The second-order valence-electron chi connectivity index (χ2n) is 3.98. The fraction of sp³-hybridized carbons (Fsp3) is 0.231. The van der Waals surface area contributed by atoms with Gasteiger partial charge in [0.25, 0.3) is 5.91 Å². The predicted molar refractivity (Wildman–Crippen MR) is 74.7 cm³/mol. The Balaban J connectivity index is 2.21. The van der Waals surface area contributed by atoms with Crippen molar-refractivity contribution in [2.24, 2.45) is 0 Å². The summed E-state index contributed by atoms with van der Waals surface area (Å²) in [6.07, 6.45) is 1.63. The van der Waals surface area contributed by atoms with Crippen molar-refractivity contribution in [1.29, 1.82) is 0 Å². The zero-order chi connectivity index (χ0) is 13.1. The van der Waals surface area contributed by atoms with Crippen LogP contribution in [0.15, 0.2) is 34.9 Å². The van der Waals surface area contributed by atoms with Gasteiger partial charge in [-0.1, -0.05) is 17.7 Å². The minimum atomic E-state index is -0.162. The van der Waals surface area contributed by atoms with Gasteiger partial charge in [0.15, 0.2) is 0 Å². The SMILES string of the molecule is CCn1ncc(Br)c1C(=O)Nc1ccc(C)cc1. The quantitative estimate of drug-likeness (QED) is 0.946. The molecule has 0 radical (unpaired) electrons. The number of carbonyl (C=O) groups excluding carboxylic acids is 1. The first-order valence-electron chi connectivity index (χ1n) is 5.71. The van der Waals surface area contributed by atoms with E-state index >= 15 is 0 Å². The van der Waals surface area contributed by atoms with Gasteiger partial charge in [-0.3, -0.25) is 9.48 Å². The summed E-state index contributed by atoms with van der Waals surface area (Å²) in [5, 5.41) is 6.98. The van der Waals surface area contributed by atoms with Crippen molar-refractivity contribution in [3.05, 3.63) is 46.2 Å². The van der Waals surface area contributed by atoms with Crippen LogP contribution in [0.3, 0.4) is 0 Å². The molecule has 2 rings (SSSR count). The Labute approximate surface area is 114 Å². The Bertz CT molecular complexity index is 560. The van der Waals surface area contributed by atoms with Crippen LogP contribution >= 0.6 is 15.9 Å². The van der Waals surface area contributed by atoms with E-state index in [1.807, 2.05) is 38.1 Å². The van der Waals surface area contributed by atoms with Gasteiger partial charge in [0.1, 0.15) is 5.69 Å². The molecule has 0 spiro atoms. The Kier molecular flexibility index (Phi) is 3.81. The molecule has 0 unspecified atom stereocenters. The lowest BCUT2D eigenvalue weighted by molar-refractivity contribution is 0.101. The molecule has 1 amide bonds. The third-order valence-corrected chi connectivity index (χ3v) is 3.20. The molecule has 18 heavy (non-hydrogen) atoms. The minimum Gasteiger partial charge on any atom is -0.321 e. The summed E-state index contributed by atoms with van der Waals surface area (Å²) >= 11 is 3.34. The molecule has 5 heteroatoms. The van der Waals surface area contributed by atoms with E-state index in [0.29, 0.717) is 16.7 Å². The molecule has 0 saturated carbocycles. The maximum absolute atomic E-state index is 12.2. The number of halogens is 1. The van der Waals surface area contributed by atoms with E-state index in [0.717, 1.165) is 11.3 Å². The Morgan fingerprint density at radius 1 is 1.39 bits per heavy atom. The number of hydrogen-bond donors (Lipinski definition) is 1. The number of nitrogens with one attached hydrogen (secondary N) is 1. The Morgan fingerprint density at radius 3 is 2.67 bits per heavy atom. The number of anilines is 1. The van der Waals surface area contributed by atoms with Crippen LogP contribution in [0.5, 0.6) is 0 Å². The van der Waals surface area contributed by atoms with Gasteiger partial charge < -0.3 is 5.32 Å². The molecule has 2 aromatic rings. The van der Waals surface area contributed by atoms with Gasteiger partial charge in [0.05, 0.1) is 10.7 Å². The largest absolute Gasteiger partial charge is 0.321 e. The molecule has 0 aliphatic rings. The monoisotopic (exact) mass is 307 g/mol. The van der Waals surface area contributed by atoms with Crippen LogP contribution < -0.4 is 5.32 Å². The van der Waals surface area contributed by atoms with E-state index < -0.39 is 0 Å². The number of rotatable bonds is 3. The summed E-state index contributed by atoms with van der Waals surface area (Å²) in [7, 11) is 0. The van der Waals surface area contributed by atoms with Crippen molar-refractivity contribution in [2.75, 3.05) is 5.32 Å². The molecular weight excluding hydrogens is 294 g/mol. The van der Waals surface area contributed by atoms with Gasteiger partial charge in [0.2, 0.25) is 0 Å². The first-order chi connectivity index (χ1) is 8.61. The Morgan fingerprint density at radius 2 is 2.06 bits per heavy atom. The first-order valence-corrected chi connectivity index (χ1v) is 6.50. The summed E-state index contributed by atoms with van der Waals surface area (Å²) in [5.41, 5.74) is 2.48. The number of benzene rings is 1. The second-order valence-corrected chi connectivity index (χ2v) is 4.83. The normalized spacial score (nSPS) is 10.4. The van der Waals surface area contributed by atoms with Crippen molar-refractivity contribution in [3.63, 3.8) is 0 Å². The predicted octanol–water partition coefficient (Wildman–Crippen LogP) is 3.23. The molecule has 0 fully saturated rings. The van der Waals surface area contributed by atoms with Crippen LogP contribution in [-0.4, -0.2) is 15.7 Å². The van der Waals surface area contributed by atoms with Crippen LogP contribution in [0, 0.1) is 6.92 Å². The van der Waals surface area contributed by atoms with Crippen LogP contribution in [0.2, 0.25) is 0 Å². The molecule has 0 aliphatic carbocycles. The molecule has 1 aromatic carbocycles. The lowest BCUT2D eigenvalue weighted by Gasteiger charge is -2.07. The lowest BCUT2D eigenvalue weighted by Crippen LogP contribution is -2.17. The number of carbonyl (C=O) groups is 1. The molecule has 0 saturated heterocycles. The summed E-state index contributed by atoms with van der Waals surface area (Å²) in [5.74, 6) is -0.162. The van der Waals surface area contributed by atoms with Crippen molar-refractivity contribution in [1.82, 2.24) is 9.78 Å². The highest BCUT2D eigenvalue weighted by Gasteiger charge is 2.16. The highest BCUT2D eigenvalue weighted by atomic mass is 79.9. The van der Waals surface area contributed by atoms with E-state index in [1.54, 1.807) is 10.9 Å². The van der Waals surface area contributed by atoms with Gasteiger partial charge >= 0.3 is 0 Å². The van der Waals surface area contributed by atoms with Crippen LogP contribution in [0.25, 0.3) is 0 Å². The maximum Gasteiger partial charge on any atom is 0.275 e. The average molecular weight is 308 g/mol. The van der Waals surface area contributed by atoms with Gasteiger partial charge in [-0.15, -0.1) is 0 Å². The van der Waals surface area contributed by atoms with E-state index in [2.05, 4.69) is 26.3 Å². The van der Waals surface area contributed by atoms with Gasteiger partial charge in [-0.2, -0.15) is 5.10 Å². The minimum absolute atomic E-state index is 0.162. The molecular formula is C13H14BrN3O. The zero-order valence-corrected chi connectivity index (χ0v) is 11.9. The molecule has 0 bridgehead atoms. The lowest BCUT2D eigenvalue weighted by atomic mass is 10.2. The fourth-order valence-corrected chi connectivity index (χ4v) is 2.13. The molecule has 94 valence electrons. The first kappa shape index (κ1) is 12.8. The summed E-state index contributed by atoms with van der Waals surface area (Å²) in [6.45, 7) is 4.61. The Hall–Kier alpha value is -1.62. The molecule has 4 nitrogen and oxygen atoms in total. The summed E-state index contributed by atoms with van der Waals surface area (Å²) in [6, 6.07) is 7.69. The van der Waals surface area contributed by atoms with Crippen molar-refractivity contribution in [3.8, 4) is 0 Å². The van der Waals surface area contributed by atoms with Crippen LogP contribution in [-0.2, 0) is 6.54 Å². The van der Waals surface area contributed by atoms with Crippen molar-refractivity contribution < 1.29 is 4.79 Å². The number of amides is 1. The highest BCUT2D eigenvalue weighted by molar-refractivity contribution is 9.10. The van der Waals surface area contributed by atoms with E-state index in [1.165, 1.54) is 0 Å². The summed E-state index contributed by atoms with van der Waals surface area (Å²) in [4.78, 5) is 12.2.